The van der Waals surface area contributed by atoms with Gasteiger partial charge in [-0.2, -0.15) is 0 Å². The predicted octanol–water partition coefficient (Wildman–Crippen LogP) is 1.90. The Morgan fingerprint density at radius 3 is 3.08 bits per heavy atom. The van der Waals surface area contributed by atoms with Crippen LogP contribution in [-0.4, -0.2) is 14.4 Å². The SMILES string of the molecule is CCc1nc2ncccn2c1I. The number of imidazole rings is 1. The number of aryl methyl sites for hydroxylation is 1. The zero-order valence-corrected chi connectivity index (χ0v) is 8.82. The number of aromatic nitrogens is 3. The van der Waals surface area contributed by atoms with Crippen molar-refractivity contribution < 1.29 is 0 Å². The van der Waals surface area contributed by atoms with Crippen molar-refractivity contribution in [2.24, 2.45) is 0 Å². The molecule has 0 radical (unpaired) electrons. The molecule has 0 aliphatic heterocycles. The Kier molecular flexibility index (Phi) is 2.00. The van der Waals surface area contributed by atoms with E-state index in [4.69, 9.17) is 0 Å². The van der Waals surface area contributed by atoms with Crippen LogP contribution in [0.3, 0.4) is 0 Å². The monoisotopic (exact) mass is 273 g/mol. The maximum atomic E-state index is 4.38. The van der Waals surface area contributed by atoms with Crippen LogP contribution < -0.4 is 0 Å². The Balaban J connectivity index is 2.78. The summed E-state index contributed by atoms with van der Waals surface area (Å²) in [6, 6.07) is 1.91. The molecule has 3 nitrogen and oxygen atoms in total. The largest absolute Gasteiger partial charge is 0.278 e. The molecule has 2 heterocycles. The zero-order chi connectivity index (χ0) is 8.55. The fraction of sp³-hybridized carbons (Fsp3) is 0.250. The molecule has 0 unspecified atom stereocenters. The maximum absolute atomic E-state index is 4.38. The summed E-state index contributed by atoms with van der Waals surface area (Å²) in [7, 11) is 0. The lowest BCUT2D eigenvalue weighted by molar-refractivity contribution is 1.04. The number of fused-ring (bicyclic) bond motifs is 1. The van der Waals surface area contributed by atoms with Gasteiger partial charge < -0.3 is 0 Å². The van der Waals surface area contributed by atoms with Crippen LogP contribution in [-0.2, 0) is 6.42 Å². The van der Waals surface area contributed by atoms with Gasteiger partial charge in [0.2, 0.25) is 5.78 Å². The Hall–Kier alpha value is -0.650. The highest BCUT2D eigenvalue weighted by molar-refractivity contribution is 14.1. The number of nitrogens with zero attached hydrogens (tertiary/aromatic N) is 3. The van der Waals surface area contributed by atoms with Gasteiger partial charge in [0, 0.05) is 12.4 Å². The molecular weight excluding hydrogens is 265 g/mol. The fourth-order valence-corrected chi connectivity index (χ4v) is 2.01. The molecule has 0 saturated heterocycles. The highest BCUT2D eigenvalue weighted by Crippen LogP contribution is 2.13. The first-order chi connectivity index (χ1) is 5.83. The first kappa shape index (κ1) is 7.97. The van der Waals surface area contributed by atoms with Gasteiger partial charge in [0.15, 0.2) is 0 Å². The molecule has 0 saturated carbocycles. The van der Waals surface area contributed by atoms with E-state index in [1.807, 2.05) is 16.7 Å². The molecule has 0 aliphatic rings. The summed E-state index contributed by atoms with van der Waals surface area (Å²) >= 11 is 2.29. The van der Waals surface area contributed by atoms with Crippen molar-refractivity contribution in [1.29, 1.82) is 0 Å². The number of hydrogen-bond donors (Lipinski definition) is 0. The standard InChI is InChI=1S/C8H8IN3/c1-2-6-7(9)12-5-3-4-10-8(12)11-6/h3-5H,2H2,1H3. The van der Waals surface area contributed by atoms with Gasteiger partial charge >= 0.3 is 0 Å². The van der Waals surface area contributed by atoms with Crippen LogP contribution in [0.4, 0.5) is 0 Å². The molecular formula is C8H8IN3. The average Bonchev–Trinajstić information content (AvgIpc) is 2.44. The first-order valence-corrected chi connectivity index (χ1v) is 4.88. The van der Waals surface area contributed by atoms with E-state index in [1.165, 1.54) is 3.70 Å². The summed E-state index contributed by atoms with van der Waals surface area (Å²) in [5.41, 5.74) is 1.12. The van der Waals surface area contributed by atoms with Gasteiger partial charge in [0.05, 0.1) is 5.69 Å². The molecule has 12 heavy (non-hydrogen) atoms. The quantitative estimate of drug-likeness (QED) is 0.743. The van der Waals surface area contributed by atoms with Crippen molar-refractivity contribution in [3.63, 3.8) is 0 Å². The van der Waals surface area contributed by atoms with Crippen molar-refractivity contribution in [3.8, 4) is 0 Å². The molecule has 62 valence electrons. The van der Waals surface area contributed by atoms with Crippen molar-refractivity contribution in [1.82, 2.24) is 14.4 Å². The summed E-state index contributed by atoms with van der Waals surface area (Å²) < 4.78 is 3.16. The van der Waals surface area contributed by atoms with Crippen LogP contribution >= 0.6 is 22.6 Å². The minimum Gasteiger partial charge on any atom is -0.278 e. The molecule has 0 atom stereocenters. The molecule has 0 spiro atoms. The van der Waals surface area contributed by atoms with Gasteiger partial charge in [0.1, 0.15) is 3.70 Å². The summed E-state index contributed by atoms with van der Waals surface area (Å²) in [5.74, 6) is 0.791. The van der Waals surface area contributed by atoms with Gasteiger partial charge in [0.25, 0.3) is 0 Å². The smallest absolute Gasteiger partial charge is 0.234 e. The summed E-state index contributed by atoms with van der Waals surface area (Å²) in [6.45, 7) is 2.10. The average molecular weight is 273 g/mol. The van der Waals surface area contributed by atoms with Gasteiger partial charge in [-0.15, -0.1) is 0 Å². The minimum absolute atomic E-state index is 0.791. The van der Waals surface area contributed by atoms with E-state index >= 15 is 0 Å². The topological polar surface area (TPSA) is 30.2 Å². The van der Waals surface area contributed by atoms with Crippen LogP contribution in [0.1, 0.15) is 12.6 Å². The Morgan fingerprint density at radius 2 is 2.42 bits per heavy atom. The lowest BCUT2D eigenvalue weighted by Gasteiger charge is -1.91. The highest BCUT2D eigenvalue weighted by atomic mass is 127. The van der Waals surface area contributed by atoms with Crippen LogP contribution in [0.2, 0.25) is 0 Å². The van der Waals surface area contributed by atoms with Crippen molar-refractivity contribution >= 4 is 28.4 Å². The second-order valence-corrected chi connectivity index (χ2v) is 3.51. The molecule has 2 aromatic heterocycles. The third-order valence-electron chi connectivity index (χ3n) is 1.75. The lowest BCUT2D eigenvalue weighted by atomic mass is 10.4. The van der Waals surface area contributed by atoms with Crippen LogP contribution in [0.25, 0.3) is 5.78 Å². The van der Waals surface area contributed by atoms with E-state index < -0.39 is 0 Å². The van der Waals surface area contributed by atoms with Crippen molar-refractivity contribution in [3.05, 3.63) is 27.9 Å². The van der Waals surface area contributed by atoms with Crippen LogP contribution in [0.15, 0.2) is 18.5 Å². The molecule has 2 rings (SSSR count). The summed E-state index contributed by atoms with van der Waals surface area (Å²) in [5, 5.41) is 0. The second-order valence-electron chi connectivity index (χ2n) is 2.49. The number of rotatable bonds is 1. The third kappa shape index (κ3) is 1.10. The van der Waals surface area contributed by atoms with Crippen molar-refractivity contribution in [2.45, 2.75) is 13.3 Å². The Bertz CT molecular complexity index is 408. The van der Waals surface area contributed by atoms with E-state index in [1.54, 1.807) is 6.20 Å². The van der Waals surface area contributed by atoms with Gasteiger partial charge in [-0.3, -0.25) is 4.40 Å². The molecule has 0 amide bonds. The molecule has 2 aromatic rings. The molecule has 0 aromatic carbocycles. The van der Waals surface area contributed by atoms with E-state index in [9.17, 15) is 0 Å². The van der Waals surface area contributed by atoms with Gasteiger partial charge in [-0.1, -0.05) is 6.92 Å². The van der Waals surface area contributed by atoms with E-state index in [0.717, 1.165) is 17.9 Å². The van der Waals surface area contributed by atoms with Gasteiger partial charge in [-0.25, -0.2) is 9.97 Å². The van der Waals surface area contributed by atoms with Gasteiger partial charge in [-0.05, 0) is 35.1 Å². The molecule has 0 N–H and O–H groups in total. The highest BCUT2D eigenvalue weighted by Gasteiger charge is 2.06. The number of hydrogen-bond acceptors (Lipinski definition) is 2. The molecule has 0 aliphatic carbocycles. The Morgan fingerprint density at radius 1 is 1.58 bits per heavy atom. The second kappa shape index (κ2) is 3.01. The first-order valence-electron chi connectivity index (χ1n) is 3.80. The summed E-state index contributed by atoms with van der Waals surface area (Å²) in [4.78, 5) is 8.53. The van der Waals surface area contributed by atoms with E-state index in [-0.39, 0.29) is 0 Å². The minimum atomic E-state index is 0.791. The maximum Gasteiger partial charge on any atom is 0.234 e. The molecule has 0 bridgehead atoms. The predicted molar refractivity (Wildman–Crippen MR) is 55.1 cm³/mol. The normalized spacial score (nSPS) is 10.8. The zero-order valence-electron chi connectivity index (χ0n) is 6.66. The van der Waals surface area contributed by atoms with Crippen molar-refractivity contribution in [2.75, 3.05) is 0 Å². The van der Waals surface area contributed by atoms with E-state index in [0.29, 0.717) is 0 Å². The summed E-state index contributed by atoms with van der Waals surface area (Å²) in [6.07, 6.45) is 4.70. The fourth-order valence-electron chi connectivity index (χ4n) is 1.13. The lowest BCUT2D eigenvalue weighted by Crippen LogP contribution is -1.88. The third-order valence-corrected chi connectivity index (χ3v) is 2.89. The molecule has 0 fully saturated rings. The van der Waals surface area contributed by atoms with Crippen LogP contribution in [0, 0.1) is 3.70 Å². The molecule has 4 heteroatoms. The number of halogens is 1. The van der Waals surface area contributed by atoms with Crippen LogP contribution in [0.5, 0.6) is 0 Å². The van der Waals surface area contributed by atoms with E-state index in [2.05, 4.69) is 39.5 Å². The Labute approximate surface area is 84.0 Å².